The molecule has 7 nitrogen and oxygen atoms in total. The normalized spacial score (nSPS) is 15.0. The number of halogens is 1. The number of likely N-dealkylation sites (N-methyl/N-ethyl adjacent to an activating group) is 1. The molecule has 0 atom stereocenters. The van der Waals surface area contributed by atoms with Crippen molar-refractivity contribution in [1.29, 1.82) is 0 Å². The third-order valence-corrected chi connectivity index (χ3v) is 4.22. The van der Waals surface area contributed by atoms with Crippen LogP contribution in [0.2, 0.25) is 0 Å². The van der Waals surface area contributed by atoms with Crippen LogP contribution >= 0.6 is 15.9 Å². The van der Waals surface area contributed by atoms with Crippen LogP contribution in [0, 0.1) is 0 Å². The number of hydrogen-bond donors (Lipinski definition) is 0. The number of ether oxygens (including phenoxy) is 1. The van der Waals surface area contributed by atoms with Crippen LogP contribution in [0.1, 0.15) is 5.89 Å². The third-order valence-electron chi connectivity index (χ3n) is 3.73. The van der Waals surface area contributed by atoms with Crippen molar-refractivity contribution >= 4 is 21.8 Å². The Hall–Kier alpha value is -1.77. The standard InChI is InChI=1S/C16H19BrN4O3/c1-20(11-15(22)21-5-7-23-8-6-21)10-14-18-16(19-24-14)12-3-2-4-13(17)9-12/h2-4,9H,5-8,10-11H2,1H3. The van der Waals surface area contributed by atoms with E-state index in [1.54, 1.807) is 0 Å². The molecular weight excluding hydrogens is 376 g/mol. The van der Waals surface area contributed by atoms with Gasteiger partial charge in [0.05, 0.1) is 26.3 Å². The maximum Gasteiger partial charge on any atom is 0.241 e. The van der Waals surface area contributed by atoms with Crippen molar-refractivity contribution in [2.45, 2.75) is 6.54 Å². The van der Waals surface area contributed by atoms with Gasteiger partial charge in [-0.1, -0.05) is 33.2 Å². The lowest BCUT2D eigenvalue weighted by Gasteiger charge is -2.28. The van der Waals surface area contributed by atoms with Crippen LogP contribution in [0.3, 0.4) is 0 Å². The average Bonchev–Trinajstić information content (AvgIpc) is 3.04. The average molecular weight is 395 g/mol. The van der Waals surface area contributed by atoms with Crippen molar-refractivity contribution < 1.29 is 14.1 Å². The fourth-order valence-electron chi connectivity index (χ4n) is 2.49. The number of nitrogens with zero attached hydrogens (tertiary/aromatic N) is 4. The van der Waals surface area contributed by atoms with Crippen LogP contribution in [-0.4, -0.2) is 65.7 Å². The van der Waals surface area contributed by atoms with Gasteiger partial charge in [0.1, 0.15) is 0 Å². The van der Waals surface area contributed by atoms with Gasteiger partial charge >= 0.3 is 0 Å². The molecule has 0 spiro atoms. The van der Waals surface area contributed by atoms with Crippen LogP contribution < -0.4 is 0 Å². The molecule has 0 aliphatic carbocycles. The molecule has 1 saturated heterocycles. The first-order chi connectivity index (χ1) is 11.6. The minimum Gasteiger partial charge on any atom is -0.378 e. The summed E-state index contributed by atoms with van der Waals surface area (Å²) in [4.78, 5) is 20.3. The molecule has 1 aliphatic heterocycles. The van der Waals surface area contributed by atoms with Crippen molar-refractivity contribution in [3.63, 3.8) is 0 Å². The van der Waals surface area contributed by atoms with E-state index in [0.29, 0.717) is 51.1 Å². The number of hydrogen-bond acceptors (Lipinski definition) is 6. The third kappa shape index (κ3) is 4.40. The minimum absolute atomic E-state index is 0.0903. The number of benzene rings is 1. The molecule has 128 valence electrons. The van der Waals surface area contributed by atoms with E-state index in [1.807, 2.05) is 41.1 Å². The van der Waals surface area contributed by atoms with Crippen molar-refractivity contribution in [1.82, 2.24) is 19.9 Å². The molecule has 1 aliphatic rings. The summed E-state index contributed by atoms with van der Waals surface area (Å²) < 4.78 is 11.5. The van der Waals surface area contributed by atoms with Crippen LogP contribution in [0.15, 0.2) is 33.3 Å². The first-order valence-electron chi connectivity index (χ1n) is 7.74. The Morgan fingerprint density at radius 3 is 2.92 bits per heavy atom. The zero-order valence-electron chi connectivity index (χ0n) is 13.4. The van der Waals surface area contributed by atoms with Crippen LogP contribution in [0.4, 0.5) is 0 Å². The summed E-state index contributed by atoms with van der Waals surface area (Å²) in [5.74, 6) is 1.12. The van der Waals surface area contributed by atoms with Gasteiger partial charge in [-0.2, -0.15) is 4.98 Å². The Balaban J connectivity index is 1.57. The predicted octanol–water partition coefficient (Wildman–Crippen LogP) is 1.79. The molecule has 8 heteroatoms. The van der Waals surface area contributed by atoms with Crippen molar-refractivity contribution in [2.24, 2.45) is 0 Å². The van der Waals surface area contributed by atoms with Crippen LogP contribution in [0.25, 0.3) is 11.4 Å². The Morgan fingerprint density at radius 1 is 1.38 bits per heavy atom. The second-order valence-corrected chi connectivity index (χ2v) is 6.60. The molecule has 2 aromatic rings. The summed E-state index contributed by atoms with van der Waals surface area (Å²) in [5, 5.41) is 4.00. The van der Waals surface area contributed by atoms with Gasteiger partial charge in [-0.05, 0) is 19.2 Å². The summed E-state index contributed by atoms with van der Waals surface area (Å²) in [6, 6.07) is 7.71. The van der Waals surface area contributed by atoms with Gasteiger partial charge in [0.15, 0.2) is 0 Å². The second kappa shape index (κ2) is 7.87. The molecule has 0 bridgehead atoms. The number of carbonyl (C=O) groups excluding carboxylic acids is 1. The van der Waals surface area contributed by atoms with Gasteiger partial charge < -0.3 is 14.2 Å². The Bertz CT molecular complexity index is 700. The SMILES string of the molecule is CN(CC(=O)N1CCOCC1)Cc1nc(-c2cccc(Br)c2)no1. The van der Waals surface area contributed by atoms with Crippen molar-refractivity contribution in [3.05, 3.63) is 34.6 Å². The highest BCUT2D eigenvalue weighted by Gasteiger charge is 2.19. The van der Waals surface area contributed by atoms with Crippen molar-refractivity contribution in [3.8, 4) is 11.4 Å². The maximum absolute atomic E-state index is 12.2. The quantitative estimate of drug-likeness (QED) is 0.769. The number of morpholine rings is 1. The van der Waals surface area contributed by atoms with Gasteiger partial charge in [-0.25, -0.2) is 0 Å². The Labute approximate surface area is 148 Å². The minimum atomic E-state index is 0.0903. The predicted molar refractivity (Wildman–Crippen MR) is 91.2 cm³/mol. The number of aromatic nitrogens is 2. The molecule has 1 fully saturated rings. The van der Waals surface area contributed by atoms with E-state index >= 15 is 0 Å². The van der Waals surface area contributed by atoms with E-state index in [0.717, 1.165) is 10.0 Å². The highest BCUT2D eigenvalue weighted by Crippen LogP contribution is 2.20. The fourth-order valence-corrected chi connectivity index (χ4v) is 2.89. The van der Waals surface area contributed by atoms with Crippen LogP contribution in [-0.2, 0) is 16.1 Å². The summed E-state index contributed by atoms with van der Waals surface area (Å²) in [5.41, 5.74) is 0.881. The molecule has 0 radical (unpaired) electrons. The first kappa shape index (κ1) is 17.1. The van der Waals surface area contributed by atoms with Gasteiger partial charge in [-0.15, -0.1) is 0 Å². The highest BCUT2D eigenvalue weighted by atomic mass is 79.9. The van der Waals surface area contributed by atoms with E-state index < -0.39 is 0 Å². The van der Waals surface area contributed by atoms with Gasteiger partial charge in [0.25, 0.3) is 0 Å². The summed E-state index contributed by atoms with van der Waals surface area (Å²) in [6.07, 6.45) is 0. The van der Waals surface area contributed by atoms with E-state index in [4.69, 9.17) is 9.26 Å². The Morgan fingerprint density at radius 2 is 2.17 bits per heavy atom. The first-order valence-corrected chi connectivity index (χ1v) is 8.54. The molecule has 0 N–H and O–H groups in total. The molecular formula is C16H19BrN4O3. The zero-order chi connectivity index (χ0) is 16.9. The second-order valence-electron chi connectivity index (χ2n) is 5.69. The molecule has 0 unspecified atom stereocenters. The lowest BCUT2D eigenvalue weighted by molar-refractivity contribution is -0.136. The molecule has 3 rings (SSSR count). The molecule has 1 amide bonds. The van der Waals surface area contributed by atoms with Crippen LogP contribution in [0.5, 0.6) is 0 Å². The molecule has 0 saturated carbocycles. The molecule has 1 aromatic carbocycles. The molecule has 2 heterocycles. The fraction of sp³-hybridized carbons (Fsp3) is 0.438. The Kier molecular flexibility index (Phi) is 5.60. The number of carbonyl (C=O) groups is 1. The highest BCUT2D eigenvalue weighted by molar-refractivity contribution is 9.10. The van der Waals surface area contributed by atoms with Gasteiger partial charge in [0.2, 0.25) is 17.6 Å². The number of rotatable bonds is 5. The smallest absolute Gasteiger partial charge is 0.241 e. The maximum atomic E-state index is 12.2. The van der Waals surface area contributed by atoms with E-state index in [1.165, 1.54) is 0 Å². The summed E-state index contributed by atoms with van der Waals surface area (Å²) >= 11 is 3.43. The topological polar surface area (TPSA) is 71.7 Å². The monoisotopic (exact) mass is 394 g/mol. The summed E-state index contributed by atoms with van der Waals surface area (Å²) in [7, 11) is 1.86. The van der Waals surface area contributed by atoms with Gasteiger partial charge in [-0.3, -0.25) is 9.69 Å². The number of amides is 1. The van der Waals surface area contributed by atoms with Crippen molar-refractivity contribution in [2.75, 3.05) is 39.9 Å². The zero-order valence-corrected chi connectivity index (χ0v) is 15.0. The largest absolute Gasteiger partial charge is 0.378 e. The molecule has 1 aromatic heterocycles. The lowest BCUT2D eigenvalue weighted by Crippen LogP contribution is -2.44. The van der Waals surface area contributed by atoms with E-state index in [-0.39, 0.29) is 5.91 Å². The summed E-state index contributed by atoms with van der Waals surface area (Å²) in [6.45, 7) is 3.26. The van der Waals surface area contributed by atoms with E-state index in [9.17, 15) is 4.79 Å². The van der Waals surface area contributed by atoms with Gasteiger partial charge in [0, 0.05) is 23.1 Å². The molecule has 24 heavy (non-hydrogen) atoms. The van der Waals surface area contributed by atoms with E-state index in [2.05, 4.69) is 26.1 Å². The lowest BCUT2D eigenvalue weighted by atomic mass is 10.2.